The molecule has 2 aromatic carbocycles. The SMILES string of the molecule is COc1ccc2c(c1)OC(N)=C(C#N)[C@@H]2c1c(Cl)cccc1Cl. The zero-order valence-corrected chi connectivity index (χ0v) is 13.7. The van der Waals surface area contributed by atoms with Crippen molar-refractivity contribution in [2.45, 2.75) is 5.92 Å². The fraction of sp³-hybridized carbons (Fsp3) is 0.118. The fourth-order valence-corrected chi connectivity index (χ4v) is 3.26. The quantitative estimate of drug-likeness (QED) is 0.883. The molecule has 4 nitrogen and oxygen atoms in total. The van der Waals surface area contributed by atoms with Crippen LogP contribution < -0.4 is 15.2 Å². The van der Waals surface area contributed by atoms with Crippen molar-refractivity contribution < 1.29 is 9.47 Å². The van der Waals surface area contributed by atoms with Crippen LogP contribution >= 0.6 is 23.2 Å². The average Bonchev–Trinajstić information content (AvgIpc) is 2.53. The number of ether oxygens (including phenoxy) is 2. The summed E-state index contributed by atoms with van der Waals surface area (Å²) in [6, 6.07) is 12.6. The first-order chi connectivity index (χ1) is 11.1. The van der Waals surface area contributed by atoms with Crippen LogP contribution in [0.15, 0.2) is 47.9 Å². The van der Waals surface area contributed by atoms with E-state index in [1.54, 1.807) is 37.4 Å². The monoisotopic (exact) mass is 346 g/mol. The third-order valence-corrected chi connectivity index (χ3v) is 4.37. The van der Waals surface area contributed by atoms with Crippen molar-refractivity contribution >= 4 is 23.2 Å². The van der Waals surface area contributed by atoms with Crippen molar-refractivity contribution in [3.63, 3.8) is 0 Å². The van der Waals surface area contributed by atoms with Crippen molar-refractivity contribution in [1.82, 2.24) is 0 Å². The summed E-state index contributed by atoms with van der Waals surface area (Å²) in [4.78, 5) is 0. The Labute approximate surface area is 143 Å². The number of nitrogens with zero attached hydrogens (tertiary/aromatic N) is 1. The van der Waals surface area contributed by atoms with Crippen LogP contribution in [-0.2, 0) is 0 Å². The summed E-state index contributed by atoms with van der Waals surface area (Å²) in [7, 11) is 1.56. The number of benzene rings is 2. The van der Waals surface area contributed by atoms with E-state index in [1.807, 2.05) is 6.07 Å². The topological polar surface area (TPSA) is 68.3 Å². The smallest absolute Gasteiger partial charge is 0.205 e. The van der Waals surface area contributed by atoms with E-state index < -0.39 is 5.92 Å². The Morgan fingerprint density at radius 2 is 1.91 bits per heavy atom. The van der Waals surface area contributed by atoms with Gasteiger partial charge in [0.2, 0.25) is 5.88 Å². The zero-order chi connectivity index (χ0) is 16.6. The zero-order valence-electron chi connectivity index (χ0n) is 12.1. The maximum absolute atomic E-state index is 9.52. The summed E-state index contributed by atoms with van der Waals surface area (Å²) >= 11 is 12.7. The third-order valence-electron chi connectivity index (χ3n) is 3.71. The van der Waals surface area contributed by atoms with E-state index in [4.69, 9.17) is 38.4 Å². The Balaban J connectivity index is 2.28. The van der Waals surface area contributed by atoms with Crippen LogP contribution in [0.5, 0.6) is 11.5 Å². The molecular formula is C17H12Cl2N2O2. The number of fused-ring (bicyclic) bond motifs is 1. The van der Waals surface area contributed by atoms with Crippen molar-refractivity contribution in [2.75, 3.05) is 7.11 Å². The van der Waals surface area contributed by atoms with Crippen LogP contribution in [0.4, 0.5) is 0 Å². The molecule has 0 bridgehead atoms. The van der Waals surface area contributed by atoms with Gasteiger partial charge >= 0.3 is 0 Å². The summed E-state index contributed by atoms with van der Waals surface area (Å²) in [6.07, 6.45) is 0. The van der Waals surface area contributed by atoms with Gasteiger partial charge in [-0.1, -0.05) is 35.3 Å². The maximum Gasteiger partial charge on any atom is 0.205 e. The van der Waals surface area contributed by atoms with Gasteiger partial charge < -0.3 is 15.2 Å². The predicted molar refractivity (Wildman–Crippen MR) is 88.8 cm³/mol. The van der Waals surface area contributed by atoms with Gasteiger partial charge in [-0.15, -0.1) is 0 Å². The van der Waals surface area contributed by atoms with Gasteiger partial charge in [0.05, 0.1) is 13.0 Å². The second kappa shape index (κ2) is 6.04. The van der Waals surface area contributed by atoms with Gasteiger partial charge in [0, 0.05) is 27.2 Å². The van der Waals surface area contributed by atoms with Crippen LogP contribution in [-0.4, -0.2) is 7.11 Å². The number of nitrogens with two attached hydrogens (primary N) is 1. The summed E-state index contributed by atoms with van der Waals surface area (Å²) in [6.45, 7) is 0. The molecule has 2 aromatic rings. The van der Waals surface area contributed by atoms with Crippen LogP contribution in [0.1, 0.15) is 17.0 Å². The van der Waals surface area contributed by atoms with Crippen LogP contribution in [0.2, 0.25) is 10.0 Å². The van der Waals surface area contributed by atoms with E-state index in [9.17, 15) is 5.26 Å². The van der Waals surface area contributed by atoms with Crippen molar-refractivity contribution in [2.24, 2.45) is 5.73 Å². The fourth-order valence-electron chi connectivity index (χ4n) is 2.65. The van der Waals surface area contributed by atoms with Gasteiger partial charge in [-0.2, -0.15) is 5.26 Å². The second-order valence-corrected chi connectivity index (χ2v) is 5.78. The minimum Gasteiger partial charge on any atom is -0.497 e. The lowest BCUT2D eigenvalue weighted by Gasteiger charge is -2.27. The van der Waals surface area contributed by atoms with E-state index >= 15 is 0 Å². The van der Waals surface area contributed by atoms with Crippen LogP contribution in [0.25, 0.3) is 0 Å². The number of hydrogen-bond acceptors (Lipinski definition) is 4. The molecule has 0 fully saturated rings. The number of hydrogen-bond donors (Lipinski definition) is 1. The molecule has 0 unspecified atom stereocenters. The van der Waals surface area contributed by atoms with Crippen LogP contribution in [0.3, 0.4) is 0 Å². The number of nitriles is 1. The van der Waals surface area contributed by atoms with Gasteiger partial charge in [0.25, 0.3) is 0 Å². The van der Waals surface area contributed by atoms with E-state index in [2.05, 4.69) is 6.07 Å². The molecule has 0 aromatic heterocycles. The highest BCUT2D eigenvalue weighted by atomic mass is 35.5. The molecule has 1 atom stereocenters. The van der Waals surface area contributed by atoms with Gasteiger partial charge in [0.1, 0.15) is 23.1 Å². The third kappa shape index (κ3) is 2.59. The minimum atomic E-state index is -0.490. The molecule has 0 saturated heterocycles. The van der Waals surface area contributed by atoms with Gasteiger partial charge in [0.15, 0.2) is 0 Å². The molecule has 0 amide bonds. The van der Waals surface area contributed by atoms with Crippen molar-refractivity contribution in [1.29, 1.82) is 5.26 Å². The summed E-state index contributed by atoms with van der Waals surface area (Å²) < 4.78 is 10.8. The summed E-state index contributed by atoms with van der Waals surface area (Å²) in [5.74, 6) is 0.688. The lowest BCUT2D eigenvalue weighted by Crippen LogP contribution is -2.21. The Bertz CT molecular complexity index is 836. The molecule has 0 saturated carbocycles. The molecule has 116 valence electrons. The molecule has 0 aliphatic carbocycles. The lowest BCUT2D eigenvalue weighted by atomic mass is 9.83. The van der Waals surface area contributed by atoms with E-state index in [-0.39, 0.29) is 11.5 Å². The average molecular weight is 347 g/mol. The first kappa shape index (κ1) is 15.5. The number of allylic oxidation sites excluding steroid dienone is 1. The highest BCUT2D eigenvalue weighted by Gasteiger charge is 2.33. The Morgan fingerprint density at radius 1 is 1.22 bits per heavy atom. The number of rotatable bonds is 2. The Morgan fingerprint density at radius 3 is 2.52 bits per heavy atom. The highest BCUT2D eigenvalue weighted by Crippen LogP contribution is 2.47. The molecule has 6 heteroatoms. The predicted octanol–water partition coefficient (Wildman–Crippen LogP) is 4.22. The summed E-state index contributed by atoms with van der Waals surface area (Å²) in [5, 5.41) is 10.5. The molecular weight excluding hydrogens is 335 g/mol. The minimum absolute atomic E-state index is 0.0363. The van der Waals surface area contributed by atoms with Gasteiger partial charge in [-0.25, -0.2) is 0 Å². The molecule has 0 radical (unpaired) electrons. The lowest BCUT2D eigenvalue weighted by molar-refractivity contribution is 0.381. The first-order valence-electron chi connectivity index (χ1n) is 6.76. The molecule has 1 aliphatic rings. The summed E-state index contributed by atoms with van der Waals surface area (Å²) in [5.41, 5.74) is 7.59. The van der Waals surface area contributed by atoms with E-state index in [0.717, 1.165) is 5.56 Å². The van der Waals surface area contributed by atoms with Crippen LogP contribution in [0, 0.1) is 11.3 Å². The molecule has 3 rings (SSSR count). The maximum atomic E-state index is 9.52. The van der Waals surface area contributed by atoms with Gasteiger partial charge in [-0.05, 0) is 18.2 Å². The Kier molecular flexibility index (Phi) is 4.08. The van der Waals surface area contributed by atoms with Gasteiger partial charge in [-0.3, -0.25) is 0 Å². The molecule has 2 N–H and O–H groups in total. The van der Waals surface area contributed by atoms with Crippen molar-refractivity contribution in [3.05, 3.63) is 69.0 Å². The molecule has 23 heavy (non-hydrogen) atoms. The molecule has 1 aliphatic heterocycles. The van der Waals surface area contributed by atoms with Crippen molar-refractivity contribution in [3.8, 4) is 17.6 Å². The highest BCUT2D eigenvalue weighted by molar-refractivity contribution is 6.36. The normalized spacial score (nSPS) is 16.3. The first-order valence-corrected chi connectivity index (χ1v) is 7.51. The van der Waals surface area contributed by atoms with E-state index in [1.165, 1.54) is 0 Å². The second-order valence-electron chi connectivity index (χ2n) is 4.96. The number of halogens is 2. The van der Waals surface area contributed by atoms with E-state index in [0.29, 0.717) is 27.1 Å². The Hall–Kier alpha value is -2.35. The molecule has 1 heterocycles. The largest absolute Gasteiger partial charge is 0.497 e. The molecule has 0 spiro atoms. The number of methoxy groups -OCH3 is 1. The standard InChI is InChI=1S/C17H12Cl2N2O2/c1-22-9-5-6-10-14(7-9)23-17(21)11(8-20)15(10)16-12(18)3-2-4-13(16)19/h2-7,15H,21H2,1H3/t15-/m1/s1.